The molecule has 1 unspecified atom stereocenters. The second-order valence-corrected chi connectivity index (χ2v) is 6.15. The maximum Gasteiger partial charge on any atom is 0.243 e. The molecule has 0 saturated carbocycles. The number of hydrogen-bond donors (Lipinski definition) is 2. The lowest BCUT2D eigenvalue weighted by atomic mass is 10.1. The van der Waals surface area contributed by atoms with E-state index in [2.05, 4.69) is 15.2 Å². The van der Waals surface area contributed by atoms with Crippen molar-refractivity contribution in [2.24, 2.45) is 11.7 Å². The lowest BCUT2D eigenvalue weighted by molar-refractivity contribution is -0.118. The van der Waals surface area contributed by atoms with E-state index in [1.807, 2.05) is 19.2 Å². The molecule has 0 radical (unpaired) electrons. The highest BCUT2D eigenvalue weighted by molar-refractivity contribution is 7.13. The number of anilines is 1. The Morgan fingerprint density at radius 3 is 2.68 bits per heavy atom. The first-order chi connectivity index (χ1) is 9.56. The molecule has 0 aromatic carbocycles. The zero-order valence-electron chi connectivity index (χ0n) is 12.8. The first kappa shape index (κ1) is 21.6. The van der Waals surface area contributed by atoms with Gasteiger partial charge in [-0.2, -0.15) is 0 Å². The fourth-order valence-corrected chi connectivity index (χ4v) is 2.62. The van der Waals surface area contributed by atoms with E-state index in [1.54, 1.807) is 0 Å². The molecule has 2 heterocycles. The van der Waals surface area contributed by atoms with Crippen molar-refractivity contribution in [3.63, 3.8) is 0 Å². The number of nitrogens with zero attached hydrogens (tertiary/aromatic N) is 2. The molecule has 0 bridgehead atoms. The van der Waals surface area contributed by atoms with E-state index in [0.29, 0.717) is 5.13 Å². The van der Waals surface area contributed by atoms with E-state index in [4.69, 9.17) is 10.5 Å². The fraction of sp³-hybridized carbons (Fsp3) is 0.692. The topological polar surface area (TPSA) is 80.5 Å². The first-order valence-electron chi connectivity index (χ1n) is 6.87. The highest BCUT2D eigenvalue weighted by Gasteiger charge is 2.19. The maximum atomic E-state index is 11.9. The fourth-order valence-electron chi connectivity index (χ4n) is 1.92. The van der Waals surface area contributed by atoms with Gasteiger partial charge in [-0.15, -0.1) is 36.2 Å². The second-order valence-electron chi connectivity index (χ2n) is 5.29. The zero-order chi connectivity index (χ0) is 14.5. The summed E-state index contributed by atoms with van der Waals surface area (Å²) in [6, 6.07) is -0.499. The van der Waals surface area contributed by atoms with E-state index < -0.39 is 6.04 Å². The van der Waals surface area contributed by atoms with Gasteiger partial charge in [-0.1, -0.05) is 13.8 Å². The van der Waals surface area contributed by atoms with Crippen molar-refractivity contribution in [2.45, 2.75) is 26.4 Å². The summed E-state index contributed by atoms with van der Waals surface area (Å²) < 4.78 is 5.31. The molecular formula is C13H24Cl2N4O2S. The molecule has 9 heteroatoms. The van der Waals surface area contributed by atoms with Crippen molar-refractivity contribution in [3.8, 4) is 0 Å². The van der Waals surface area contributed by atoms with Gasteiger partial charge in [0.15, 0.2) is 5.13 Å². The molecule has 0 aliphatic carbocycles. The molecule has 1 saturated heterocycles. The number of rotatable bonds is 5. The Labute approximate surface area is 147 Å². The van der Waals surface area contributed by atoms with Gasteiger partial charge in [-0.25, -0.2) is 4.98 Å². The molecule has 1 aromatic rings. The van der Waals surface area contributed by atoms with Gasteiger partial charge in [0.05, 0.1) is 24.9 Å². The van der Waals surface area contributed by atoms with Crippen LogP contribution in [0.3, 0.4) is 0 Å². The molecule has 3 N–H and O–H groups in total. The van der Waals surface area contributed by atoms with E-state index in [1.165, 1.54) is 11.3 Å². The molecule has 128 valence electrons. The van der Waals surface area contributed by atoms with Gasteiger partial charge in [0.2, 0.25) is 5.91 Å². The smallest absolute Gasteiger partial charge is 0.243 e. The average Bonchev–Trinajstić information content (AvgIpc) is 2.86. The minimum atomic E-state index is -0.499. The largest absolute Gasteiger partial charge is 0.379 e. The van der Waals surface area contributed by atoms with Gasteiger partial charge >= 0.3 is 0 Å². The van der Waals surface area contributed by atoms with Crippen LogP contribution in [0, 0.1) is 5.92 Å². The molecular weight excluding hydrogens is 347 g/mol. The lowest BCUT2D eigenvalue weighted by Gasteiger charge is -2.25. The Morgan fingerprint density at radius 1 is 1.45 bits per heavy atom. The van der Waals surface area contributed by atoms with E-state index in [9.17, 15) is 4.79 Å². The number of morpholine rings is 1. The van der Waals surface area contributed by atoms with Crippen LogP contribution in [0.2, 0.25) is 0 Å². The van der Waals surface area contributed by atoms with E-state index in [-0.39, 0.29) is 36.6 Å². The summed E-state index contributed by atoms with van der Waals surface area (Å²) in [5.41, 5.74) is 6.78. The predicted molar refractivity (Wildman–Crippen MR) is 94.1 cm³/mol. The molecule has 1 aliphatic rings. The third-order valence-corrected chi connectivity index (χ3v) is 4.10. The summed E-state index contributed by atoms with van der Waals surface area (Å²) >= 11 is 1.44. The van der Waals surface area contributed by atoms with Gasteiger partial charge in [0.25, 0.3) is 0 Å². The van der Waals surface area contributed by atoms with Crippen molar-refractivity contribution in [1.29, 1.82) is 0 Å². The van der Waals surface area contributed by atoms with Crippen molar-refractivity contribution in [1.82, 2.24) is 9.88 Å². The summed E-state index contributed by atoms with van der Waals surface area (Å²) in [7, 11) is 0. The number of hydrogen-bond acceptors (Lipinski definition) is 6. The Hall–Kier alpha value is -0.440. The number of aromatic nitrogens is 1. The molecule has 6 nitrogen and oxygen atoms in total. The Kier molecular flexibility index (Phi) is 10.1. The predicted octanol–water partition coefficient (Wildman–Crippen LogP) is 1.74. The summed E-state index contributed by atoms with van der Waals surface area (Å²) in [5, 5.41) is 5.38. The third kappa shape index (κ3) is 6.36. The van der Waals surface area contributed by atoms with Crippen LogP contribution in [0.25, 0.3) is 0 Å². The molecule has 1 aliphatic heterocycles. The minimum absolute atomic E-state index is 0. The average molecular weight is 371 g/mol. The van der Waals surface area contributed by atoms with Gasteiger partial charge in [-0.05, 0) is 5.92 Å². The monoisotopic (exact) mass is 370 g/mol. The quantitative estimate of drug-likeness (QED) is 0.824. The van der Waals surface area contributed by atoms with Crippen LogP contribution >= 0.6 is 36.2 Å². The second kappa shape index (κ2) is 10.4. The van der Waals surface area contributed by atoms with Crippen LogP contribution in [-0.4, -0.2) is 48.1 Å². The van der Waals surface area contributed by atoms with Gasteiger partial charge in [-0.3, -0.25) is 9.69 Å². The Balaban J connectivity index is 0.00000220. The van der Waals surface area contributed by atoms with Gasteiger partial charge in [0, 0.05) is 25.0 Å². The van der Waals surface area contributed by atoms with Crippen LogP contribution in [-0.2, 0) is 16.1 Å². The molecule has 22 heavy (non-hydrogen) atoms. The van der Waals surface area contributed by atoms with Crippen molar-refractivity contribution < 1.29 is 9.53 Å². The zero-order valence-corrected chi connectivity index (χ0v) is 15.2. The number of ether oxygens (including phenoxy) is 1. The number of halogens is 2. The normalized spacial score (nSPS) is 16.5. The van der Waals surface area contributed by atoms with E-state index in [0.717, 1.165) is 38.5 Å². The standard InChI is InChI=1S/C13H22N4O2S.2ClH/c1-9(2)11(14)12(18)16-13-15-10(8-20-13)7-17-3-5-19-6-4-17;;/h8-9,11H,3-7,14H2,1-2H3,(H,15,16,18);2*1H. The van der Waals surface area contributed by atoms with Crippen molar-refractivity contribution in [3.05, 3.63) is 11.1 Å². The number of thiazole rings is 1. The SMILES string of the molecule is CC(C)C(N)C(=O)Nc1nc(CN2CCOCC2)cs1.Cl.Cl. The van der Waals surface area contributed by atoms with Crippen LogP contribution in [0.15, 0.2) is 5.38 Å². The highest BCUT2D eigenvalue weighted by atomic mass is 35.5. The highest BCUT2D eigenvalue weighted by Crippen LogP contribution is 2.18. The van der Waals surface area contributed by atoms with Crippen LogP contribution < -0.4 is 11.1 Å². The summed E-state index contributed by atoms with van der Waals surface area (Å²) in [5.74, 6) is -0.0601. The van der Waals surface area contributed by atoms with Gasteiger partial charge < -0.3 is 15.8 Å². The molecule has 1 fully saturated rings. The van der Waals surface area contributed by atoms with E-state index >= 15 is 0 Å². The number of carbonyl (C=O) groups is 1. The summed E-state index contributed by atoms with van der Waals surface area (Å²) in [6.45, 7) is 8.06. The number of nitrogens with one attached hydrogen (secondary N) is 1. The third-order valence-electron chi connectivity index (χ3n) is 3.29. The van der Waals surface area contributed by atoms with Gasteiger partial charge in [0.1, 0.15) is 0 Å². The molecule has 0 spiro atoms. The first-order valence-corrected chi connectivity index (χ1v) is 7.75. The lowest BCUT2D eigenvalue weighted by Crippen LogP contribution is -2.39. The molecule has 1 aromatic heterocycles. The van der Waals surface area contributed by atoms with Crippen LogP contribution in [0.4, 0.5) is 5.13 Å². The summed E-state index contributed by atoms with van der Waals surface area (Å²) in [4.78, 5) is 18.6. The van der Waals surface area contributed by atoms with Crippen LogP contribution in [0.1, 0.15) is 19.5 Å². The number of carbonyl (C=O) groups excluding carboxylic acids is 1. The Bertz CT molecular complexity index is 453. The minimum Gasteiger partial charge on any atom is -0.379 e. The number of nitrogens with two attached hydrogens (primary N) is 1. The number of amides is 1. The maximum absolute atomic E-state index is 11.9. The van der Waals surface area contributed by atoms with Crippen LogP contribution in [0.5, 0.6) is 0 Å². The molecule has 2 rings (SSSR count). The van der Waals surface area contributed by atoms with Crippen molar-refractivity contribution >= 4 is 47.2 Å². The Morgan fingerprint density at radius 2 is 2.09 bits per heavy atom. The molecule has 1 atom stereocenters. The van der Waals surface area contributed by atoms with Crippen molar-refractivity contribution in [2.75, 3.05) is 31.6 Å². The summed E-state index contributed by atoms with van der Waals surface area (Å²) in [6.07, 6.45) is 0. The molecule has 1 amide bonds.